The molecule has 1 amide bonds. The zero-order chi connectivity index (χ0) is 17.6. The first-order valence-electron chi connectivity index (χ1n) is 7.91. The van der Waals surface area contributed by atoms with Crippen molar-refractivity contribution in [2.45, 2.75) is 18.9 Å². The van der Waals surface area contributed by atoms with E-state index in [-0.39, 0.29) is 18.9 Å². The quantitative estimate of drug-likeness (QED) is 0.662. The van der Waals surface area contributed by atoms with Crippen molar-refractivity contribution in [1.82, 2.24) is 25.1 Å². The minimum Gasteiger partial charge on any atom is -0.480 e. The summed E-state index contributed by atoms with van der Waals surface area (Å²) < 4.78 is 6.66. The van der Waals surface area contributed by atoms with E-state index in [1.807, 2.05) is 30.3 Å². The Balaban J connectivity index is 1.64. The Kier molecular flexibility index (Phi) is 5.20. The number of aryl methyl sites for hydroxylation is 1. The lowest BCUT2D eigenvalue weighted by Gasteiger charge is -2.16. The number of carbonyl (C=O) groups excluding carboxylic acids is 1. The Morgan fingerprint density at radius 2 is 2.04 bits per heavy atom. The first-order chi connectivity index (χ1) is 12.2. The smallest absolute Gasteiger partial charge is 0.231 e. The van der Waals surface area contributed by atoms with Gasteiger partial charge in [-0.25, -0.2) is 0 Å². The molecule has 0 spiro atoms. The van der Waals surface area contributed by atoms with Gasteiger partial charge in [-0.1, -0.05) is 30.3 Å². The molecule has 3 aromatic rings. The number of aliphatic hydroxyl groups is 1. The van der Waals surface area contributed by atoms with Gasteiger partial charge >= 0.3 is 0 Å². The van der Waals surface area contributed by atoms with E-state index in [1.165, 1.54) is 7.11 Å². The normalized spacial score (nSPS) is 12.1. The van der Waals surface area contributed by atoms with Crippen LogP contribution in [0.25, 0.3) is 5.65 Å². The Labute approximate surface area is 144 Å². The number of aromatic nitrogens is 4. The van der Waals surface area contributed by atoms with Crippen molar-refractivity contribution in [3.63, 3.8) is 0 Å². The van der Waals surface area contributed by atoms with Crippen LogP contribution < -0.4 is 10.1 Å². The lowest BCUT2D eigenvalue weighted by molar-refractivity contribution is -0.122. The molecule has 1 unspecified atom stereocenters. The maximum absolute atomic E-state index is 12.2. The number of rotatable bonds is 7. The number of methoxy groups -OCH3 is 1. The summed E-state index contributed by atoms with van der Waals surface area (Å²) in [5.74, 6) is 0.842. The van der Waals surface area contributed by atoms with Crippen molar-refractivity contribution in [1.29, 1.82) is 0 Å². The summed E-state index contributed by atoms with van der Waals surface area (Å²) in [5.41, 5.74) is 1.45. The van der Waals surface area contributed by atoms with Crippen LogP contribution in [0.3, 0.4) is 0 Å². The van der Waals surface area contributed by atoms with Gasteiger partial charge in [0.2, 0.25) is 11.8 Å². The van der Waals surface area contributed by atoms with Gasteiger partial charge in [0, 0.05) is 18.9 Å². The second-order valence-electron chi connectivity index (χ2n) is 5.48. The lowest BCUT2D eigenvalue weighted by atomic mass is 10.1. The molecule has 1 aromatic carbocycles. The molecule has 2 heterocycles. The molecule has 8 nitrogen and oxygen atoms in total. The van der Waals surface area contributed by atoms with E-state index in [1.54, 1.807) is 16.6 Å². The number of aliphatic hydroxyl groups excluding tert-OH is 1. The monoisotopic (exact) mass is 341 g/mol. The van der Waals surface area contributed by atoms with E-state index in [0.717, 1.165) is 5.56 Å². The molecule has 0 radical (unpaired) electrons. The highest BCUT2D eigenvalue weighted by molar-refractivity contribution is 5.76. The molecule has 1 atom stereocenters. The molecule has 0 aliphatic carbocycles. The number of benzene rings is 1. The minimum absolute atomic E-state index is 0.164. The molecule has 25 heavy (non-hydrogen) atoms. The van der Waals surface area contributed by atoms with Gasteiger partial charge in [-0.2, -0.15) is 4.52 Å². The highest BCUT2D eigenvalue weighted by Crippen LogP contribution is 2.13. The Morgan fingerprint density at radius 1 is 1.24 bits per heavy atom. The van der Waals surface area contributed by atoms with Crippen molar-refractivity contribution in [2.75, 3.05) is 13.7 Å². The summed E-state index contributed by atoms with van der Waals surface area (Å²) in [5, 5.41) is 24.7. The van der Waals surface area contributed by atoms with E-state index >= 15 is 0 Å². The molecule has 0 aliphatic rings. The predicted octanol–water partition coefficient (Wildman–Crippen LogP) is 0.915. The summed E-state index contributed by atoms with van der Waals surface area (Å²) in [7, 11) is 1.53. The van der Waals surface area contributed by atoms with Gasteiger partial charge in [-0.05, 0) is 11.6 Å². The fourth-order valence-corrected chi connectivity index (χ4v) is 2.49. The zero-order valence-electron chi connectivity index (χ0n) is 13.8. The van der Waals surface area contributed by atoms with Crippen LogP contribution in [-0.2, 0) is 11.2 Å². The first-order valence-corrected chi connectivity index (χ1v) is 7.91. The number of amides is 1. The summed E-state index contributed by atoms with van der Waals surface area (Å²) in [6.45, 7) is -0.164. The molecule has 2 N–H and O–H groups in total. The third-order valence-corrected chi connectivity index (χ3v) is 3.81. The van der Waals surface area contributed by atoms with E-state index < -0.39 is 6.04 Å². The fourth-order valence-electron chi connectivity index (χ4n) is 2.49. The lowest BCUT2D eigenvalue weighted by Crippen LogP contribution is -2.31. The molecular formula is C17H19N5O3. The van der Waals surface area contributed by atoms with Crippen LogP contribution in [0.2, 0.25) is 0 Å². The third kappa shape index (κ3) is 3.92. The molecule has 8 heteroatoms. The molecule has 0 saturated heterocycles. The van der Waals surface area contributed by atoms with Gasteiger partial charge in [-0.15, -0.1) is 15.3 Å². The molecular weight excluding hydrogens is 322 g/mol. The second-order valence-corrected chi connectivity index (χ2v) is 5.48. The Bertz CT molecular complexity index is 850. The number of carbonyl (C=O) groups is 1. The fraction of sp³-hybridized carbons (Fsp3) is 0.294. The van der Waals surface area contributed by atoms with Crippen LogP contribution in [0.1, 0.15) is 23.9 Å². The molecule has 0 saturated carbocycles. The Morgan fingerprint density at radius 3 is 2.76 bits per heavy atom. The number of hydrogen-bond acceptors (Lipinski definition) is 6. The topological polar surface area (TPSA) is 102 Å². The maximum Gasteiger partial charge on any atom is 0.231 e. The number of nitrogens with one attached hydrogen (secondary N) is 1. The molecule has 0 fully saturated rings. The first kappa shape index (κ1) is 16.8. The number of nitrogens with zero attached hydrogens (tertiary/aromatic N) is 4. The van der Waals surface area contributed by atoms with Crippen molar-refractivity contribution in [3.05, 3.63) is 53.9 Å². The van der Waals surface area contributed by atoms with E-state index in [0.29, 0.717) is 23.8 Å². The van der Waals surface area contributed by atoms with Crippen LogP contribution in [0, 0.1) is 0 Å². The van der Waals surface area contributed by atoms with Gasteiger partial charge < -0.3 is 15.2 Å². The van der Waals surface area contributed by atoms with Crippen molar-refractivity contribution < 1.29 is 14.6 Å². The van der Waals surface area contributed by atoms with Crippen LogP contribution in [-0.4, -0.2) is 44.5 Å². The maximum atomic E-state index is 12.2. The van der Waals surface area contributed by atoms with Gasteiger partial charge in [0.1, 0.15) is 0 Å². The Hall–Kier alpha value is -3.00. The van der Waals surface area contributed by atoms with Crippen LogP contribution in [0.4, 0.5) is 0 Å². The van der Waals surface area contributed by atoms with Crippen molar-refractivity contribution >= 4 is 11.6 Å². The predicted molar refractivity (Wildman–Crippen MR) is 90.1 cm³/mol. The molecule has 2 aromatic heterocycles. The molecule has 0 aliphatic heterocycles. The zero-order valence-corrected chi connectivity index (χ0v) is 13.8. The summed E-state index contributed by atoms with van der Waals surface area (Å²) in [4.78, 5) is 12.2. The van der Waals surface area contributed by atoms with Crippen molar-refractivity contribution in [3.8, 4) is 5.88 Å². The van der Waals surface area contributed by atoms with Crippen molar-refractivity contribution in [2.24, 2.45) is 0 Å². The largest absolute Gasteiger partial charge is 0.480 e. The average molecular weight is 341 g/mol. The number of ether oxygens (including phenoxy) is 1. The van der Waals surface area contributed by atoms with E-state index in [9.17, 15) is 9.90 Å². The minimum atomic E-state index is -0.429. The SMILES string of the molecule is COc1ccc2nnc(CCC(=O)NC(CO)c3ccccc3)n2n1. The number of hydrogen-bond donors (Lipinski definition) is 2. The third-order valence-electron chi connectivity index (χ3n) is 3.81. The van der Waals surface area contributed by atoms with Crippen LogP contribution >= 0.6 is 0 Å². The average Bonchev–Trinajstić information content (AvgIpc) is 3.07. The summed E-state index contributed by atoms with van der Waals surface area (Å²) >= 11 is 0. The van der Waals surface area contributed by atoms with E-state index in [4.69, 9.17) is 4.74 Å². The van der Waals surface area contributed by atoms with Crippen LogP contribution in [0.5, 0.6) is 5.88 Å². The van der Waals surface area contributed by atoms with E-state index in [2.05, 4.69) is 20.6 Å². The second kappa shape index (κ2) is 7.71. The summed E-state index contributed by atoms with van der Waals surface area (Å²) in [6.07, 6.45) is 0.586. The molecule has 130 valence electrons. The van der Waals surface area contributed by atoms with Gasteiger partial charge in [0.15, 0.2) is 11.5 Å². The van der Waals surface area contributed by atoms with Gasteiger partial charge in [0.05, 0.1) is 19.8 Å². The van der Waals surface area contributed by atoms with Gasteiger partial charge in [0.25, 0.3) is 0 Å². The van der Waals surface area contributed by atoms with Crippen LogP contribution in [0.15, 0.2) is 42.5 Å². The number of fused-ring (bicyclic) bond motifs is 1. The standard InChI is InChI=1S/C17H19N5O3/c1-25-17-10-8-15-20-19-14(22(15)21-17)7-9-16(24)18-13(11-23)12-5-3-2-4-6-12/h2-6,8,10,13,23H,7,9,11H2,1H3,(H,18,24). The highest BCUT2D eigenvalue weighted by Gasteiger charge is 2.15. The van der Waals surface area contributed by atoms with Gasteiger partial charge in [-0.3, -0.25) is 4.79 Å². The molecule has 0 bridgehead atoms. The molecule has 3 rings (SSSR count). The summed E-state index contributed by atoms with van der Waals surface area (Å²) in [6, 6.07) is 12.4. The highest BCUT2D eigenvalue weighted by atomic mass is 16.5.